The van der Waals surface area contributed by atoms with Crippen LogP contribution in [0.15, 0.2) is 72.6 Å². The van der Waals surface area contributed by atoms with Crippen molar-refractivity contribution < 1.29 is 19.4 Å². The molecule has 0 saturated carbocycles. The molecule has 1 saturated heterocycles. The lowest BCUT2D eigenvalue weighted by atomic mass is 9.85. The molecule has 5 rings (SSSR count). The molecule has 1 N–H and O–H groups in total. The highest BCUT2D eigenvalue weighted by Gasteiger charge is 2.46. The third-order valence-electron chi connectivity index (χ3n) is 6.88. The number of nitrogens with zero attached hydrogens (tertiary/aromatic N) is 2. The minimum Gasteiger partial charge on any atom is -0.507 e. The lowest BCUT2D eigenvalue weighted by molar-refractivity contribution is -0.140. The Hall–Kier alpha value is -3.93. The van der Waals surface area contributed by atoms with E-state index in [1.807, 2.05) is 49.4 Å². The molecular formula is C30H30N2O4. The molecule has 1 fully saturated rings. The second-order valence-corrected chi connectivity index (χ2v) is 10.6. The van der Waals surface area contributed by atoms with Gasteiger partial charge in [-0.05, 0) is 58.9 Å². The quantitative estimate of drug-likeness (QED) is 0.309. The maximum atomic E-state index is 13.4. The summed E-state index contributed by atoms with van der Waals surface area (Å²) in [7, 11) is 0. The maximum absolute atomic E-state index is 13.4. The Morgan fingerprint density at radius 2 is 1.86 bits per heavy atom. The van der Waals surface area contributed by atoms with Gasteiger partial charge in [0.25, 0.3) is 11.7 Å². The van der Waals surface area contributed by atoms with Crippen molar-refractivity contribution in [2.24, 2.45) is 0 Å². The van der Waals surface area contributed by atoms with Crippen molar-refractivity contribution in [3.8, 4) is 5.75 Å². The van der Waals surface area contributed by atoms with E-state index in [9.17, 15) is 14.7 Å². The number of likely N-dealkylation sites (tertiary alicyclic amines) is 1. The first-order chi connectivity index (χ1) is 17.1. The van der Waals surface area contributed by atoms with Gasteiger partial charge in [-0.25, -0.2) is 0 Å². The molecule has 0 radical (unpaired) electrons. The van der Waals surface area contributed by atoms with Crippen molar-refractivity contribution in [3.63, 3.8) is 0 Å². The summed E-state index contributed by atoms with van der Waals surface area (Å²) in [5.74, 6) is -0.713. The normalized spacial score (nSPS) is 20.9. The van der Waals surface area contributed by atoms with E-state index in [0.717, 1.165) is 34.4 Å². The first-order valence-electron chi connectivity index (χ1n) is 12.2. The first kappa shape index (κ1) is 23.8. The summed E-state index contributed by atoms with van der Waals surface area (Å²) in [6.45, 7) is 8.60. The summed E-state index contributed by atoms with van der Waals surface area (Å²) in [6.07, 6.45) is 4.13. The number of pyridine rings is 1. The zero-order chi connectivity index (χ0) is 25.6. The highest BCUT2D eigenvalue weighted by Crippen LogP contribution is 2.41. The first-order valence-corrected chi connectivity index (χ1v) is 12.2. The second-order valence-electron chi connectivity index (χ2n) is 10.6. The topological polar surface area (TPSA) is 79.7 Å². The SMILES string of the molecule is C[C@@H]1Cc2cc(C(O)=C3C(=O)C(=O)N(Cc4cccnc4)[C@H]3c3ccc(C(C)(C)C)cc3)ccc2O1. The Labute approximate surface area is 211 Å². The van der Waals surface area contributed by atoms with E-state index >= 15 is 0 Å². The number of hydrogen-bond donors (Lipinski definition) is 1. The fourth-order valence-corrected chi connectivity index (χ4v) is 4.97. The summed E-state index contributed by atoms with van der Waals surface area (Å²) < 4.78 is 5.78. The number of benzene rings is 2. The van der Waals surface area contributed by atoms with E-state index in [1.54, 1.807) is 24.5 Å². The highest BCUT2D eigenvalue weighted by atomic mass is 16.5. The van der Waals surface area contributed by atoms with Crippen LogP contribution in [-0.4, -0.2) is 32.8 Å². The Morgan fingerprint density at radius 3 is 2.53 bits per heavy atom. The van der Waals surface area contributed by atoms with Gasteiger partial charge >= 0.3 is 0 Å². The summed E-state index contributed by atoms with van der Waals surface area (Å²) in [4.78, 5) is 32.3. The van der Waals surface area contributed by atoms with Gasteiger partial charge in [0.15, 0.2) is 0 Å². The van der Waals surface area contributed by atoms with Gasteiger partial charge in [-0.15, -0.1) is 0 Å². The summed E-state index contributed by atoms with van der Waals surface area (Å²) in [5, 5.41) is 11.4. The monoisotopic (exact) mass is 482 g/mol. The molecule has 2 aliphatic rings. The van der Waals surface area contributed by atoms with Crippen molar-refractivity contribution >= 4 is 17.4 Å². The van der Waals surface area contributed by atoms with E-state index in [4.69, 9.17) is 4.74 Å². The van der Waals surface area contributed by atoms with Gasteiger partial charge in [-0.1, -0.05) is 51.1 Å². The van der Waals surface area contributed by atoms with Crippen molar-refractivity contribution in [1.29, 1.82) is 0 Å². The Bertz CT molecular complexity index is 1350. The maximum Gasteiger partial charge on any atom is 0.295 e. The van der Waals surface area contributed by atoms with Crippen LogP contribution in [-0.2, 0) is 28.0 Å². The molecule has 0 spiro atoms. The molecule has 2 aromatic carbocycles. The van der Waals surface area contributed by atoms with Crippen LogP contribution in [0.4, 0.5) is 0 Å². The van der Waals surface area contributed by atoms with Gasteiger partial charge in [-0.3, -0.25) is 14.6 Å². The number of rotatable bonds is 4. The molecule has 2 atom stereocenters. The molecule has 6 nitrogen and oxygen atoms in total. The van der Waals surface area contributed by atoms with E-state index in [2.05, 4.69) is 25.8 Å². The molecule has 0 aliphatic carbocycles. The van der Waals surface area contributed by atoms with Crippen LogP contribution in [0.5, 0.6) is 5.75 Å². The number of aromatic nitrogens is 1. The Morgan fingerprint density at radius 1 is 1.11 bits per heavy atom. The summed E-state index contributed by atoms with van der Waals surface area (Å²) >= 11 is 0. The molecule has 184 valence electrons. The van der Waals surface area contributed by atoms with Crippen LogP contribution < -0.4 is 4.74 Å². The van der Waals surface area contributed by atoms with Crippen LogP contribution in [0.2, 0.25) is 0 Å². The molecule has 6 heteroatoms. The number of amides is 1. The molecule has 0 bridgehead atoms. The number of Topliss-reactive ketones (excluding diaryl/α,β-unsaturated/α-hetero) is 1. The van der Waals surface area contributed by atoms with Crippen molar-refractivity contribution in [2.45, 2.75) is 58.2 Å². The number of ether oxygens (including phenoxy) is 1. The molecular weight excluding hydrogens is 452 g/mol. The van der Waals surface area contributed by atoms with E-state index in [-0.39, 0.29) is 29.4 Å². The van der Waals surface area contributed by atoms with E-state index in [0.29, 0.717) is 5.56 Å². The van der Waals surface area contributed by atoms with Gasteiger partial charge in [0.05, 0.1) is 11.6 Å². The number of aliphatic hydroxyl groups is 1. The van der Waals surface area contributed by atoms with Crippen LogP contribution in [0.25, 0.3) is 5.76 Å². The third-order valence-corrected chi connectivity index (χ3v) is 6.88. The van der Waals surface area contributed by atoms with E-state index in [1.165, 1.54) is 4.90 Å². The molecule has 1 amide bonds. The second kappa shape index (κ2) is 8.94. The lowest BCUT2D eigenvalue weighted by Gasteiger charge is -2.26. The summed E-state index contributed by atoms with van der Waals surface area (Å²) in [6, 6.07) is 16.3. The van der Waals surface area contributed by atoms with Gasteiger partial charge in [0, 0.05) is 30.9 Å². The number of carbonyl (C=O) groups is 2. The number of hydrogen-bond acceptors (Lipinski definition) is 5. The van der Waals surface area contributed by atoms with Crippen molar-refractivity contribution in [3.05, 3.63) is 100 Å². The van der Waals surface area contributed by atoms with Crippen molar-refractivity contribution in [1.82, 2.24) is 9.88 Å². The minimum atomic E-state index is -0.720. The smallest absolute Gasteiger partial charge is 0.295 e. The highest BCUT2D eigenvalue weighted by molar-refractivity contribution is 6.46. The number of carbonyl (C=O) groups excluding carboxylic acids is 2. The lowest BCUT2D eigenvalue weighted by Crippen LogP contribution is -2.29. The van der Waals surface area contributed by atoms with Gasteiger partial charge in [-0.2, -0.15) is 0 Å². The van der Waals surface area contributed by atoms with Crippen LogP contribution >= 0.6 is 0 Å². The number of fused-ring (bicyclic) bond motifs is 1. The fraction of sp³-hybridized carbons (Fsp3) is 0.300. The predicted molar refractivity (Wildman–Crippen MR) is 137 cm³/mol. The minimum absolute atomic E-state index is 0.0420. The van der Waals surface area contributed by atoms with Crippen LogP contribution in [0, 0.1) is 0 Å². The van der Waals surface area contributed by atoms with Crippen LogP contribution in [0.1, 0.15) is 61.6 Å². The number of ketones is 1. The zero-order valence-electron chi connectivity index (χ0n) is 21.0. The third kappa shape index (κ3) is 4.28. The zero-order valence-corrected chi connectivity index (χ0v) is 21.0. The molecule has 3 heterocycles. The van der Waals surface area contributed by atoms with Crippen molar-refractivity contribution in [2.75, 3.05) is 0 Å². The van der Waals surface area contributed by atoms with Crippen LogP contribution in [0.3, 0.4) is 0 Å². The van der Waals surface area contributed by atoms with Gasteiger partial charge in [0.1, 0.15) is 17.6 Å². The largest absolute Gasteiger partial charge is 0.507 e. The predicted octanol–water partition coefficient (Wildman–Crippen LogP) is 5.32. The Kier molecular flexibility index (Phi) is 5.91. The summed E-state index contributed by atoms with van der Waals surface area (Å²) in [5.41, 5.74) is 4.25. The fourth-order valence-electron chi connectivity index (χ4n) is 4.97. The molecule has 1 aromatic heterocycles. The molecule has 3 aromatic rings. The number of aliphatic hydroxyl groups excluding tert-OH is 1. The standard InChI is InChI=1S/C30H30N2O4/c1-18-14-22-15-21(9-12-24(22)36-18)27(33)25-26(20-7-10-23(11-8-20)30(2,3)4)32(29(35)28(25)34)17-19-6-5-13-31-16-19/h5-13,15-16,18,26,33H,14,17H2,1-4H3/t18-,26+/m1/s1. The average molecular weight is 483 g/mol. The Balaban J connectivity index is 1.62. The molecule has 0 unspecified atom stereocenters. The molecule has 36 heavy (non-hydrogen) atoms. The molecule has 2 aliphatic heterocycles. The van der Waals surface area contributed by atoms with Gasteiger partial charge < -0.3 is 14.7 Å². The van der Waals surface area contributed by atoms with E-state index < -0.39 is 17.7 Å². The van der Waals surface area contributed by atoms with Gasteiger partial charge in [0.2, 0.25) is 0 Å². The average Bonchev–Trinajstić information content (AvgIpc) is 3.35.